The maximum atomic E-state index is 4.57. The summed E-state index contributed by atoms with van der Waals surface area (Å²) in [5.41, 5.74) is 0.298. The standard InChI is InChI=1S/C15H28N4/c1-10(2)14-18-12(16-7)8-13(19-14)17-9-11(3)15(4,5)6/h8,10-11H,9H2,1-7H3,(H2,16,17,18,19). The highest BCUT2D eigenvalue weighted by Crippen LogP contribution is 2.25. The summed E-state index contributed by atoms with van der Waals surface area (Å²) in [6.45, 7) is 14.2. The maximum Gasteiger partial charge on any atom is 0.135 e. The summed E-state index contributed by atoms with van der Waals surface area (Å²) in [6.07, 6.45) is 0. The summed E-state index contributed by atoms with van der Waals surface area (Å²) in [5.74, 6) is 3.54. The molecule has 0 saturated heterocycles. The highest BCUT2D eigenvalue weighted by atomic mass is 15.1. The van der Waals surface area contributed by atoms with Gasteiger partial charge in [-0.05, 0) is 11.3 Å². The molecule has 1 heterocycles. The Balaban J connectivity index is 2.80. The van der Waals surface area contributed by atoms with Crippen LogP contribution in [-0.2, 0) is 0 Å². The smallest absolute Gasteiger partial charge is 0.135 e. The van der Waals surface area contributed by atoms with E-state index in [0.29, 0.717) is 17.3 Å². The summed E-state index contributed by atoms with van der Waals surface area (Å²) in [6, 6.07) is 1.96. The number of rotatable bonds is 5. The van der Waals surface area contributed by atoms with Gasteiger partial charge in [-0.25, -0.2) is 9.97 Å². The minimum absolute atomic E-state index is 0.298. The number of nitrogens with zero attached hydrogens (tertiary/aromatic N) is 2. The van der Waals surface area contributed by atoms with Crippen molar-refractivity contribution in [3.63, 3.8) is 0 Å². The maximum absolute atomic E-state index is 4.57. The average molecular weight is 264 g/mol. The molecule has 1 aromatic rings. The van der Waals surface area contributed by atoms with Gasteiger partial charge in [-0.2, -0.15) is 0 Å². The predicted octanol–water partition coefficient (Wildman–Crippen LogP) is 3.74. The van der Waals surface area contributed by atoms with Gasteiger partial charge in [-0.15, -0.1) is 0 Å². The molecule has 0 aromatic carbocycles. The van der Waals surface area contributed by atoms with Gasteiger partial charge in [0.15, 0.2) is 0 Å². The molecule has 1 rings (SSSR count). The van der Waals surface area contributed by atoms with E-state index in [1.54, 1.807) is 0 Å². The van der Waals surface area contributed by atoms with Gasteiger partial charge in [-0.3, -0.25) is 0 Å². The van der Waals surface area contributed by atoms with Gasteiger partial charge in [0.25, 0.3) is 0 Å². The van der Waals surface area contributed by atoms with Crippen LogP contribution in [-0.4, -0.2) is 23.6 Å². The van der Waals surface area contributed by atoms with Crippen molar-refractivity contribution in [1.29, 1.82) is 0 Å². The number of anilines is 2. The second kappa shape index (κ2) is 6.22. The molecule has 0 amide bonds. The van der Waals surface area contributed by atoms with Gasteiger partial charge in [0.2, 0.25) is 0 Å². The summed E-state index contributed by atoms with van der Waals surface area (Å²) in [7, 11) is 1.88. The van der Waals surface area contributed by atoms with Gasteiger partial charge in [-0.1, -0.05) is 41.5 Å². The summed E-state index contributed by atoms with van der Waals surface area (Å²) >= 11 is 0. The Morgan fingerprint density at radius 1 is 1.11 bits per heavy atom. The summed E-state index contributed by atoms with van der Waals surface area (Å²) < 4.78 is 0. The molecule has 1 aromatic heterocycles. The van der Waals surface area contributed by atoms with Crippen molar-refractivity contribution >= 4 is 11.6 Å². The molecule has 4 heteroatoms. The van der Waals surface area contributed by atoms with E-state index in [2.05, 4.69) is 62.1 Å². The van der Waals surface area contributed by atoms with Crippen LogP contribution in [0.1, 0.15) is 53.3 Å². The molecule has 0 aliphatic carbocycles. The van der Waals surface area contributed by atoms with E-state index in [4.69, 9.17) is 0 Å². The van der Waals surface area contributed by atoms with Crippen molar-refractivity contribution in [2.75, 3.05) is 24.2 Å². The number of hydrogen-bond acceptors (Lipinski definition) is 4. The molecule has 1 unspecified atom stereocenters. The molecular weight excluding hydrogens is 236 g/mol. The zero-order valence-corrected chi connectivity index (χ0v) is 13.3. The molecule has 0 spiro atoms. The van der Waals surface area contributed by atoms with Gasteiger partial charge in [0.05, 0.1) is 0 Å². The lowest BCUT2D eigenvalue weighted by Gasteiger charge is -2.27. The SMILES string of the molecule is CNc1cc(NCC(C)C(C)(C)C)nc(C(C)C)n1. The predicted molar refractivity (Wildman–Crippen MR) is 82.8 cm³/mol. The Morgan fingerprint density at radius 2 is 1.68 bits per heavy atom. The fourth-order valence-electron chi connectivity index (χ4n) is 1.51. The van der Waals surface area contributed by atoms with E-state index >= 15 is 0 Å². The Hall–Kier alpha value is -1.32. The van der Waals surface area contributed by atoms with Crippen molar-refractivity contribution in [1.82, 2.24) is 9.97 Å². The third-order valence-corrected chi connectivity index (χ3v) is 3.58. The third-order valence-electron chi connectivity index (χ3n) is 3.58. The first-order valence-electron chi connectivity index (χ1n) is 7.04. The van der Waals surface area contributed by atoms with Crippen LogP contribution in [0.3, 0.4) is 0 Å². The van der Waals surface area contributed by atoms with Crippen molar-refractivity contribution < 1.29 is 0 Å². The monoisotopic (exact) mass is 264 g/mol. The van der Waals surface area contributed by atoms with E-state index in [0.717, 1.165) is 24.0 Å². The second-order valence-electron chi connectivity index (χ2n) is 6.55. The topological polar surface area (TPSA) is 49.8 Å². The molecule has 2 N–H and O–H groups in total. The zero-order chi connectivity index (χ0) is 14.6. The molecule has 0 radical (unpaired) electrons. The van der Waals surface area contributed by atoms with Crippen molar-refractivity contribution in [2.45, 2.75) is 47.5 Å². The van der Waals surface area contributed by atoms with Crippen LogP contribution in [0.2, 0.25) is 0 Å². The van der Waals surface area contributed by atoms with Crippen LogP contribution in [0.15, 0.2) is 6.07 Å². The molecule has 0 aliphatic rings. The fourth-order valence-corrected chi connectivity index (χ4v) is 1.51. The van der Waals surface area contributed by atoms with E-state index in [9.17, 15) is 0 Å². The molecule has 19 heavy (non-hydrogen) atoms. The fraction of sp³-hybridized carbons (Fsp3) is 0.733. The first kappa shape index (κ1) is 15.7. The van der Waals surface area contributed by atoms with Crippen LogP contribution < -0.4 is 10.6 Å². The lowest BCUT2D eigenvalue weighted by atomic mass is 9.82. The van der Waals surface area contributed by atoms with Crippen LogP contribution in [0, 0.1) is 11.3 Å². The first-order valence-corrected chi connectivity index (χ1v) is 7.04. The zero-order valence-electron chi connectivity index (χ0n) is 13.3. The van der Waals surface area contributed by atoms with Crippen LogP contribution in [0.4, 0.5) is 11.6 Å². The molecule has 0 aliphatic heterocycles. The largest absolute Gasteiger partial charge is 0.373 e. The van der Waals surface area contributed by atoms with Gasteiger partial charge >= 0.3 is 0 Å². The molecular formula is C15H28N4. The van der Waals surface area contributed by atoms with Crippen LogP contribution in [0.25, 0.3) is 0 Å². The van der Waals surface area contributed by atoms with Gasteiger partial charge in [0.1, 0.15) is 17.5 Å². The van der Waals surface area contributed by atoms with Crippen molar-refractivity contribution in [3.05, 3.63) is 11.9 Å². The Labute approximate surface area is 117 Å². The molecule has 108 valence electrons. The summed E-state index contributed by atoms with van der Waals surface area (Å²) in [5, 5.41) is 6.52. The van der Waals surface area contributed by atoms with E-state index in [1.807, 2.05) is 13.1 Å². The van der Waals surface area contributed by atoms with E-state index < -0.39 is 0 Å². The minimum Gasteiger partial charge on any atom is -0.373 e. The quantitative estimate of drug-likeness (QED) is 0.850. The normalized spacial score (nSPS) is 13.5. The lowest BCUT2D eigenvalue weighted by Crippen LogP contribution is -2.25. The number of hydrogen-bond donors (Lipinski definition) is 2. The van der Waals surface area contributed by atoms with Gasteiger partial charge < -0.3 is 10.6 Å². The minimum atomic E-state index is 0.298. The lowest BCUT2D eigenvalue weighted by molar-refractivity contribution is 0.274. The Kier molecular flexibility index (Phi) is 5.15. The van der Waals surface area contributed by atoms with E-state index in [1.165, 1.54) is 0 Å². The van der Waals surface area contributed by atoms with Crippen LogP contribution in [0.5, 0.6) is 0 Å². The first-order chi connectivity index (χ1) is 8.74. The van der Waals surface area contributed by atoms with Crippen LogP contribution >= 0.6 is 0 Å². The Morgan fingerprint density at radius 3 is 2.16 bits per heavy atom. The molecule has 0 fully saturated rings. The Bertz CT molecular complexity index is 407. The molecule has 1 atom stereocenters. The number of aromatic nitrogens is 2. The van der Waals surface area contributed by atoms with Crippen molar-refractivity contribution in [3.8, 4) is 0 Å². The van der Waals surface area contributed by atoms with E-state index in [-0.39, 0.29) is 0 Å². The van der Waals surface area contributed by atoms with Gasteiger partial charge in [0, 0.05) is 25.6 Å². The third kappa shape index (κ3) is 4.69. The van der Waals surface area contributed by atoms with Crippen molar-refractivity contribution in [2.24, 2.45) is 11.3 Å². The molecule has 0 saturated carbocycles. The molecule has 0 bridgehead atoms. The number of nitrogens with one attached hydrogen (secondary N) is 2. The highest BCUT2D eigenvalue weighted by Gasteiger charge is 2.19. The molecule has 4 nitrogen and oxygen atoms in total. The summed E-state index contributed by atoms with van der Waals surface area (Å²) in [4.78, 5) is 9.04. The highest BCUT2D eigenvalue weighted by molar-refractivity contribution is 5.47. The second-order valence-corrected chi connectivity index (χ2v) is 6.55. The average Bonchev–Trinajstić information content (AvgIpc) is 2.34.